The zero-order valence-corrected chi connectivity index (χ0v) is 18.6. The van der Waals surface area contributed by atoms with Crippen molar-refractivity contribution < 1.29 is 9.53 Å². The molecule has 7 heteroatoms. The number of nitrogens with zero attached hydrogens (tertiary/aromatic N) is 3. The molecule has 1 aliphatic rings. The maximum atomic E-state index is 12.5. The highest BCUT2D eigenvalue weighted by Gasteiger charge is 2.20. The fourth-order valence-corrected chi connectivity index (χ4v) is 4.79. The molecule has 31 heavy (non-hydrogen) atoms. The van der Waals surface area contributed by atoms with E-state index in [2.05, 4.69) is 15.5 Å². The average molecular weight is 437 g/mol. The molecule has 2 aromatic carbocycles. The Morgan fingerprint density at radius 1 is 1.06 bits per heavy atom. The van der Waals surface area contributed by atoms with E-state index in [0.717, 1.165) is 23.5 Å². The third kappa shape index (κ3) is 5.28. The van der Waals surface area contributed by atoms with Gasteiger partial charge in [-0.25, -0.2) is 0 Å². The predicted octanol–water partition coefficient (Wildman–Crippen LogP) is 4.73. The van der Waals surface area contributed by atoms with Crippen molar-refractivity contribution in [1.82, 2.24) is 20.1 Å². The Balaban J connectivity index is 1.52. The molecule has 0 radical (unpaired) electrons. The molecular formula is C24H28N4O2S. The summed E-state index contributed by atoms with van der Waals surface area (Å²) in [5, 5.41) is 12.6. The van der Waals surface area contributed by atoms with Crippen LogP contribution in [0.2, 0.25) is 0 Å². The maximum Gasteiger partial charge on any atom is 0.230 e. The van der Waals surface area contributed by atoms with Crippen LogP contribution in [0.1, 0.15) is 32.1 Å². The molecule has 0 saturated heterocycles. The lowest BCUT2D eigenvalue weighted by Gasteiger charge is -2.21. The second kappa shape index (κ2) is 10.5. The number of carbonyl (C=O) groups is 1. The third-order valence-corrected chi connectivity index (χ3v) is 6.57. The number of ether oxygens (including phenoxy) is 1. The van der Waals surface area contributed by atoms with Crippen molar-refractivity contribution in [2.45, 2.75) is 37.3 Å². The topological polar surface area (TPSA) is 69.0 Å². The molecule has 162 valence electrons. The summed E-state index contributed by atoms with van der Waals surface area (Å²) in [7, 11) is 1.65. The highest BCUT2D eigenvalue weighted by molar-refractivity contribution is 7.99. The van der Waals surface area contributed by atoms with E-state index >= 15 is 0 Å². The van der Waals surface area contributed by atoms with Gasteiger partial charge in [-0.05, 0) is 43.0 Å². The molecule has 0 bridgehead atoms. The second-order valence-electron chi connectivity index (χ2n) is 7.77. The largest absolute Gasteiger partial charge is 0.496 e. The molecule has 1 fully saturated rings. The van der Waals surface area contributed by atoms with E-state index in [1.54, 1.807) is 7.11 Å². The van der Waals surface area contributed by atoms with Crippen LogP contribution in [-0.2, 0) is 4.79 Å². The van der Waals surface area contributed by atoms with Crippen molar-refractivity contribution >= 4 is 17.7 Å². The van der Waals surface area contributed by atoms with E-state index in [-0.39, 0.29) is 5.91 Å². The molecule has 1 saturated carbocycles. The van der Waals surface area contributed by atoms with E-state index < -0.39 is 0 Å². The monoisotopic (exact) mass is 436 g/mol. The van der Waals surface area contributed by atoms with E-state index in [9.17, 15) is 4.79 Å². The number of para-hydroxylation sites is 2. The van der Waals surface area contributed by atoms with Gasteiger partial charge in [-0.15, -0.1) is 10.2 Å². The van der Waals surface area contributed by atoms with Crippen LogP contribution in [-0.4, -0.2) is 40.1 Å². The Hall–Kier alpha value is -2.80. The average Bonchev–Trinajstić information content (AvgIpc) is 3.26. The van der Waals surface area contributed by atoms with Crippen molar-refractivity contribution in [3.05, 3.63) is 54.6 Å². The number of benzene rings is 2. The van der Waals surface area contributed by atoms with Crippen molar-refractivity contribution in [2.75, 3.05) is 19.4 Å². The van der Waals surface area contributed by atoms with Crippen molar-refractivity contribution in [3.63, 3.8) is 0 Å². The molecule has 3 aromatic rings. The molecule has 1 amide bonds. The molecule has 4 rings (SSSR count). The fraction of sp³-hybridized carbons (Fsp3) is 0.375. The number of hydrogen-bond acceptors (Lipinski definition) is 5. The highest BCUT2D eigenvalue weighted by atomic mass is 32.2. The van der Waals surface area contributed by atoms with Crippen molar-refractivity contribution in [1.29, 1.82) is 0 Å². The quantitative estimate of drug-likeness (QED) is 0.517. The molecule has 0 unspecified atom stereocenters. The highest BCUT2D eigenvalue weighted by Crippen LogP contribution is 2.33. The number of thioether (sulfide) groups is 1. The van der Waals surface area contributed by atoms with Gasteiger partial charge in [0.15, 0.2) is 11.0 Å². The molecule has 6 nitrogen and oxygen atoms in total. The summed E-state index contributed by atoms with van der Waals surface area (Å²) < 4.78 is 7.52. The van der Waals surface area contributed by atoms with Gasteiger partial charge in [-0.2, -0.15) is 0 Å². The lowest BCUT2D eigenvalue weighted by molar-refractivity contribution is -0.118. The maximum absolute atomic E-state index is 12.5. The molecule has 0 spiro atoms. The Morgan fingerprint density at radius 2 is 1.81 bits per heavy atom. The summed E-state index contributed by atoms with van der Waals surface area (Å²) in [6, 6.07) is 17.7. The van der Waals surface area contributed by atoms with E-state index in [4.69, 9.17) is 4.74 Å². The Kier molecular flexibility index (Phi) is 7.25. The summed E-state index contributed by atoms with van der Waals surface area (Å²) in [5.41, 5.74) is 1.80. The predicted molar refractivity (Wildman–Crippen MR) is 124 cm³/mol. The summed E-state index contributed by atoms with van der Waals surface area (Å²) >= 11 is 1.40. The summed E-state index contributed by atoms with van der Waals surface area (Å²) in [4.78, 5) is 12.5. The first-order chi connectivity index (χ1) is 15.3. The second-order valence-corrected chi connectivity index (χ2v) is 8.72. The molecule has 0 aliphatic heterocycles. The van der Waals surface area contributed by atoms with Crippen LogP contribution in [0.25, 0.3) is 17.1 Å². The Morgan fingerprint density at radius 3 is 2.58 bits per heavy atom. The first kappa shape index (κ1) is 21.4. The molecule has 0 atom stereocenters. The van der Waals surface area contributed by atoms with Crippen LogP contribution in [0.15, 0.2) is 59.8 Å². The summed E-state index contributed by atoms with van der Waals surface area (Å²) in [6.45, 7) is 0.775. The van der Waals surface area contributed by atoms with Gasteiger partial charge in [-0.1, -0.05) is 61.4 Å². The molecule has 1 aliphatic carbocycles. The molecule has 1 aromatic heterocycles. The van der Waals surface area contributed by atoms with Crippen LogP contribution in [0.4, 0.5) is 0 Å². The van der Waals surface area contributed by atoms with Crippen LogP contribution in [0, 0.1) is 5.92 Å². The normalized spacial score (nSPS) is 14.4. The first-order valence-electron chi connectivity index (χ1n) is 10.8. The molecule has 1 N–H and O–H groups in total. The number of methoxy groups -OCH3 is 1. The zero-order valence-electron chi connectivity index (χ0n) is 17.8. The Bertz CT molecular complexity index is 1000. The number of hydrogen-bond donors (Lipinski definition) is 1. The van der Waals surface area contributed by atoms with E-state index in [1.165, 1.54) is 43.9 Å². The zero-order chi connectivity index (χ0) is 21.5. The standard InChI is InChI=1S/C24H28N4O2S/c1-30-21-15-9-8-14-20(21)23-26-27-24(28(23)19-12-6-3-7-13-19)31-17-22(29)25-16-18-10-4-2-5-11-18/h3,6-9,12-15,18H,2,4-5,10-11,16-17H2,1H3,(H,25,29). The smallest absolute Gasteiger partial charge is 0.230 e. The fourth-order valence-electron chi connectivity index (χ4n) is 4.01. The van der Waals surface area contributed by atoms with Gasteiger partial charge >= 0.3 is 0 Å². The van der Waals surface area contributed by atoms with Crippen molar-refractivity contribution in [3.8, 4) is 22.8 Å². The molecular weight excluding hydrogens is 408 g/mol. The van der Waals surface area contributed by atoms with Gasteiger partial charge in [0.25, 0.3) is 0 Å². The number of nitrogens with one attached hydrogen (secondary N) is 1. The minimum absolute atomic E-state index is 0.0389. The molecule has 1 heterocycles. The first-order valence-corrected chi connectivity index (χ1v) is 11.8. The summed E-state index contributed by atoms with van der Waals surface area (Å²) in [6.07, 6.45) is 6.32. The van der Waals surface area contributed by atoms with Crippen LogP contribution in [0.3, 0.4) is 0 Å². The van der Waals surface area contributed by atoms with Gasteiger partial charge in [0.2, 0.25) is 5.91 Å². The van der Waals surface area contributed by atoms with Gasteiger partial charge in [0.1, 0.15) is 5.75 Å². The van der Waals surface area contributed by atoms with Crippen LogP contribution in [0.5, 0.6) is 5.75 Å². The van der Waals surface area contributed by atoms with Gasteiger partial charge < -0.3 is 10.1 Å². The number of carbonyl (C=O) groups excluding carboxylic acids is 1. The summed E-state index contributed by atoms with van der Waals surface area (Å²) in [5.74, 6) is 2.39. The minimum atomic E-state index is 0.0389. The lowest BCUT2D eigenvalue weighted by atomic mass is 9.89. The van der Waals surface area contributed by atoms with Crippen LogP contribution >= 0.6 is 11.8 Å². The van der Waals surface area contributed by atoms with Crippen molar-refractivity contribution in [2.24, 2.45) is 5.92 Å². The Labute approximate surface area is 187 Å². The van der Waals surface area contributed by atoms with Crippen LogP contribution < -0.4 is 10.1 Å². The number of rotatable bonds is 8. The number of aromatic nitrogens is 3. The van der Waals surface area contributed by atoms with Gasteiger partial charge in [-0.3, -0.25) is 9.36 Å². The van der Waals surface area contributed by atoms with E-state index in [1.807, 2.05) is 59.2 Å². The van der Waals surface area contributed by atoms with Gasteiger partial charge in [0, 0.05) is 12.2 Å². The number of amides is 1. The third-order valence-electron chi connectivity index (χ3n) is 5.64. The minimum Gasteiger partial charge on any atom is -0.496 e. The van der Waals surface area contributed by atoms with E-state index in [0.29, 0.717) is 22.7 Å². The van der Waals surface area contributed by atoms with Gasteiger partial charge in [0.05, 0.1) is 18.4 Å². The SMILES string of the molecule is COc1ccccc1-c1nnc(SCC(=O)NCC2CCCCC2)n1-c1ccccc1. The lowest BCUT2D eigenvalue weighted by Crippen LogP contribution is -2.31.